The fourth-order valence-corrected chi connectivity index (χ4v) is 4.42. The molecule has 0 radical (unpaired) electrons. The Morgan fingerprint density at radius 3 is 2.63 bits per heavy atom. The van der Waals surface area contributed by atoms with E-state index in [9.17, 15) is 4.79 Å². The fourth-order valence-electron chi connectivity index (χ4n) is 3.55. The molecule has 0 saturated carbocycles. The number of benzene rings is 1. The van der Waals surface area contributed by atoms with Crippen LogP contribution in [0.15, 0.2) is 29.4 Å². The summed E-state index contributed by atoms with van der Waals surface area (Å²) < 4.78 is 13.0. The molecule has 0 bridgehead atoms. The van der Waals surface area contributed by atoms with Gasteiger partial charge in [-0.15, -0.1) is 10.2 Å². The van der Waals surface area contributed by atoms with Crippen molar-refractivity contribution in [2.24, 2.45) is 0 Å². The highest BCUT2D eigenvalue weighted by Crippen LogP contribution is 2.32. The van der Waals surface area contributed by atoms with Crippen molar-refractivity contribution < 1.29 is 14.3 Å². The normalized spacial score (nSPS) is 19.0. The van der Waals surface area contributed by atoms with Gasteiger partial charge in [-0.3, -0.25) is 9.36 Å². The quantitative estimate of drug-likeness (QED) is 0.746. The van der Waals surface area contributed by atoms with Crippen molar-refractivity contribution in [2.75, 3.05) is 38.7 Å². The summed E-state index contributed by atoms with van der Waals surface area (Å²) >= 11 is 1.43. The van der Waals surface area contributed by atoms with Crippen LogP contribution in [-0.4, -0.2) is 69.8 Å². The molecule has 4 rings (SSSR count). The number of thioether (sulfide) groups is 1. The van der Waals surface area contributed by atoms with Crippen LogP contribution in [0.4, 0.5) is 0 Å². The number of hydrogen-bond donors (Lipinski definition) is 0. The topological polar surface area (TPSA) is 69.5 Å². The first-order valence-electron chi connectivity index (χ1n) is 9.17. The van der Waals surface area contributed by atoms with Gasteiger partial charge >= 0.3 is 0 Å². The van der Waals surface area contributed by atoms with E-state index in [4.69, 9.17) is 9.47 Å². The Kier molecular flexibility index (Phi) is 5.21. The summed E-state index contributed by atoms with van der Waals surface area (Å²) in [6.45, 7) is 7.06. The van der Waals surface area contributed by atoms with Crippen molar-refractivity contribution in [3.63, 3.8) is 0 Å². The van der Waals surface area contributed by atoms with E-state index in [1.807, 2.05) is 28.5 Å². The van der Waals surface area contributed by atoms with E-state index in [0.717, 1.165) is 23.1 Å². The maximum Gasteiger partial charge on any atom is 0.233 e. The average molecular weight is 388 g/mol. The molecule has 0 aliphatic carbocycles. The van der Waals surface area contributed by atoms with Crippen LogP contribution in [-0.2, 0) is 14.3 Å². The van der Waals surface area contributed by atoms with Gasteiger partial charge in [-0.05, 0) is 32.4 Å². The van der Waals surface area contributed by atoms with E-state index in [1.165, 1.54) is 17.3 Å². The largest absolute Gasteiger partial charge is 0.380 e. The van der Waals surface area contributed by atoms with E-state index in [2.05, 4.69) is 29.3 Å². The van der Waals surface area contributed by atoms with Gasteiger partial charge < -0.3 is 14.4 Å². The third-order valence-corrected chi connectivity index (χ3v) is 6.11. The van der Waals surface area contributed by atoms with Gasteiger partial charge in [0.2, 0.25) is 5.91 Å². The maximum absolute atomic E-state index is 13.0. The van der Waals surface area contributed by atoms with E-state index >= 15 is 0 Å². The van der Waals surface area contributed by atoms with Gasteiger partial charge in [0, 0.05) is 18.8 Å². The summed E-state index contributed by atoms with van der Waals surface area (Å²) in [5, 5.41) is 9.21. The molecular weight excluding hydrogens is 364 g/mol. The first-order chi connectivity index (χ1) is 13.1. The molecule has 0 N–H and O–H groups in total. The highest BCUT2D eigenvalue weighted by Gasteiger charge is 2.46. The Morgan fingerprint density at radius 1 is 1.15 bits per heavy atom. The summed E-state index contributed by atoms with van der Waals surface area (Å²) in [7, 11) is 0. The Bertz CT molecular complexity index is 817. The van der Waals surface area contributed by atoms with Gasteiger partial charge in [-0.25, -0.2) is 0 Å². The zero-order valence-electron chi connectivity index (χ0n) is 15.7. The summed E-state index contributed by atoms with van der Waals surface area (Å²) in [4.78, 5) is 14.9. The van der Waals surface area contributed by atoms with Gasteiger partial charge in [-0.2, -0.15) is 0 Å². The van der Waals surface area contributed by atoms with E-state index in [1.54, 1.807) is 0 Å². The van der Waals surface area contributed by atoms with Crippen molar-refractivity contribution in [3.05, 3.63) is 35.7 Å². The van der Waals surface area contributed by atoms with Crippen molar-refractivity contribution >= 4 is 17.7 Å². The Balaban J connectivity index is 1.49. The molecule has 0 unspecified atom stereocenters. The van der Waals surface area contributed by atoms with Gasteiger partial charge in [0.15, 0.2) is 5.16 Å². The van der Waals surface area contributed by atoms with Gasteiger partial charge in [-0.1, -0.05) is 29.5 Å². The third kappa shape index (κ3) is 3.61. The summed E-state index contributed by atoms with van der Waals surface area (Å²) in [5.74, 6) is 1.23. The molecule has 1 amide bonds. The molecule has 3 heterocycles. The van der Waals surface area contributed by atoms with Crippen LogP contribution in [0.25, 0.3) is 5.69 Å². The SMILES string of the molecule is Cc1ccc(-n2c(C)nnc2SCC(=O)N2CCOCCC23COC3)cc1. The standard InChI is InChI=1S/C19H24N4O3S/c1-14-3-5-16(6-4-14)23-15(2)20-21-18(23)27-11-17(24)22-8-10-25-9-7-19(22)12-26-13-19/h3-6H,7-13H2,1-2H3. The summed E-state index contributed by atoms with van der Waals surface area (Å²) in [5.41, 5.74) is 2.02. The Morgan fingerprint density at radius 2 is 1.93 bits per heavy atom. The van der Waals surface area contributed by atoms with Crippen LogP contribution in [0.5, 0.6) is 0 Å². The monoisotopic (exact) mass is 388 g/mol. The Hall–Kier alpha value is -1.90. The van der Waals surface area contributed by atoms with Gasteiger partial charge in [0.05, 0.1) is 31.1 Å². The van der Waals surface area contributed by atoms with Crippen LogP contribution in [0.2, 0.25) is 0 Å². The molecule has 27 heavy (non-hydrogen) atoms. The van der Waals surface area contributed by atoms with Crippen molar-refractivity contribution in [2.45, 2.75) is 31.0 Å². The molecule has 1 aromatic carbocycles. The number of hydrogen-bond acceptors (Lipinski definition) is 6. The third-order valence-electron chi connectivity index (χ3n) is 5.20. The lowest BCUT2D eigenvalue weighted by Crippen LogP contribution is -2.64. The van der Waals surface area contributed by atoms with E-state index in [0.29, 0.717) is 38.7 Å². The smallest absolute Gasteiger partial charge is 0.233 e. The lowest BCUT2D eigenvalue weighted by Gasteiger charge is -2.48. The number of nitrogens with zero attached hydrogens (tertiary/aromatic N) is 4. The predicted octanol–water partition coefficient (Wildman–Crippen LogP) is 1.99. The molecular formula is C19H24N4O3S. The zero-order valence-corrected chi connectivity index (χ0v) is 16.5. The molecule has 1 spiro atoms. The molecule has 2 aliphatic rings. The second-order valence-electron chi connectivity index (χ2n) is 7.11. The average Bonchev–Trinajstić information content (AvgIpc) is 2.86. The molecule has 144 valence electrons. The molecule has 8 heteroatoms. The molecule has 2 fully saturated rings. The first-order valence-corrected chi connectivity index (χ1v) is 10.2. The zero-order chi connectivity index (χ0) is 18.9. The number of amides is 1. The van der Waals surface area contributed by atoms with Crippen molar-refractivity contribution in [1.82, 2.24) is 19.7 Å². The highest BCUT2D eigenvalue weighted by atomic mass is 32.2. The Labute approximate surface area is 163 Å². The number of carbonyl (C=O) groups is 1. The molecule has 2 saturated heterocycles. The minimum Gasteiger partial charge on any atom is -0.380 e. The number of rotatable bonds is 4. The molecule has 2 aromatic rings. The van der Waals surface area contributed by atoms with Crippen LogP contribution in [0.1, 0.15) is 17.8 Å². The molecule has 1 aromatic heterocycles. The number of ether oxygens (including phenoxy) is 2. The number of carbonyl (C=O) groups excluding carboxylic acids is 1. The second-order valence-corrected chi connectivity index (χ2v) is 8.06. The van der Waals surface area contributed by atoms with Gasteiger partial charge in [0.1, 0.15) is 5.82 Å². The molecule has 2 aliphatic heterocycles. The van der Waals surface area contributed by atoms with E-state index in [-0.39, 0.29) is 11.4 Å². The summed E-state index contributed by atoms with van der Waals surface area (Å²) in [6.07, 6.45) is 0.835. The minimum atomic E-state index is -0.186. The number of aromatic nitrogens is 3. The molecule has 0 atom stereocenters. The lowest BCUT2D eigenvalue weighted by atomic mass is 9.91. The lowest BCUT2D eigenvalue weighted by molar-refractivity contribution is -0.164. The van der Waals surface area contributed by atoms with Crippen LogP contribution < -0.4 is 0 Å². The van der Waals surface area contributed by atoms with Gasteiger partial charge in [0.25, 0.3) is 0 Å². The van der Waals surface area contributed by atoms with Crippen LogP contribution >= 0.6 is 11.8 Å². The van der Waals surface area contributed by atoms with Crippen molar-refractivity contribution in [1.29, 1.82) is 0 Å². The van der Waals surface area contributed by atoms with Crippen molar-refractivity contribution in [3.8, 4) is 5.69 Å². The predicted molar refractivity (Wildman–Crippen MR) is 102 cm³/mol. The maximum atomic E-state index is 13.0. The minimum absolute atomic E-state index is 0.102. The second kappa shape index (κ2) is 7.61. The van der Waals surface area contributed by atoms with Crippen LogP contribution in [0, 0.1) is 13.8 Å². The fraction of sp³-hybridized carbons (Fsp3) is 0.526. The van der Waals surface area contributed by atoms with E-state index < -0.39 is 0 Å². The summed E-state index contributed by atoms with van der Waals surface area (Å²) in [6, 6.07) is 8.22. The molecule has 7 nitrogen and oxygen atoms in total. The van der Waals surface area contributed by atoms with Crippen LogP contribution in [0.3, 0.4) is 0 Å². The highest BCUT2D eigenvalue weighted by molar-refractivity contribution is 7.99. The first kappa shape index (κ1) is 18.5. The number of aryl methyl sites for hydroxylation is 2.